The molecule has 0 amide bonds. The maximum atomic E-state index is 10.3. The normalized spacial score (nSPS) is 24.3. The van der Waals surface area contributed by atoms with E-state index in [1.165, 1.54) is 0 Å². The van der Waals surface area contributed by atoms with Crippen LogP contribution in [0.1, 0.15) is 39.5 Å². The lowest BCUT2D eigenvalue weighted by Crippen LogP contribution is -2.30. The van der Waals surface area contributed by atoms with Gasteiger partial charge < -0.3 is 15.2 Å². The Morgan fingerprint density at radius 1 is 1.60 bits per heavy atom. The number of aliphatic carboxylic acids is 1. The first-order valence-electron chi connectivity index (χ1n) is 5.60. The number of hydrogen-bond acceptors (Lipinski definition) is 3. The second-order valence-electron chi connectivity index (χ2n) is 4.74. The van der Waals surface area contributed by atoms with Gasteiger partial charge in [-0.15, -0.1) is 0 Å². The van der Waals surface area contributed by atoms with E-state index in [0.29, 0.717) is 12.5 Å². The third-order valence-corrected chi connectivity index (χ3v) is 2.67. The average Bonchev–Trinajstić information content (AvgIpc) is 2.44. The van der Waals surface area contributed by atoms with Gasteiger partial charge in [-0.05, 0) is 39.7 Å². The lowest BCUT2D eigenvalue weighted by atomic mass is 10.1. The van der Waals surface area contributed by atoms with Gasteiger partial charge in [-0.1, -0.05) is 0 Å². The van der Waals surface area contributed by atoms with E-state index in [4.69, 9.17) is 9.84 Å². The molecule has 15 heavy (non-hydrogen) atoms. The Kier molecular flexibility index (Phi) is 4.54. The Hall–Kier alpha value is -0.610. The fourth-order valence-electron chi connectivity index (χ4n) is 1.85. The van der Waals surface area contributed by atoms with Gasteiger partial charge in [0, 0.05) is 13.0 Å². The van der Waals surface area contributed by atoms with Crippen molar-refractivity contribution in [3.8, 4) is 0 Å². The van der Waals surface area contributed by atoms with Crippen LogP contribution in [0.2, 0.25) is 0 Å². The van der Waals surface area contributed by atoms with E-state index in [-0.39, 0.29) is 12.0 Å². The molecule has 0 saturated carbocycles. The van der Waals surface area contributed by atoms with Crippen LogP contribution in [0.15, 0.2) is 0 Å². The molecule has 4 heteroatoms. The Morgan fingerprint density at radius 3 is 2.87 bits per heavy atom. The number of carboxylic acids is 1. The molecule has 0 radical (unpaired) electrons. The van der Waals surface area contributed by atoms with Crippen molar-refractivity contribution in [2.24, 2.45) is 0 Å². The fraction of sp³-hybridized carbons (Fsp3) is 0.909. The van der Waals surface area contributed by atoms with Crippen molar-refractivity contribution in [1.82, 2.24) is 5.32 Å². The van der Waals surface area contributed by atoms with Crippen molar-refractivity contribution >= 4 is 5.97 Å². The lowest BCUT2D eigenvalue weighted by molar-refractivity contribution is -0.137. The molecule has 0 aromatic heterocycles. The maximum absolute atomic E-state index is 10.3. The highest BCUT2D eigenvalue weighted by Gasteiger charge is 2.30. The number of hydrogen-bond donors (Lipinski definition) is 2. The topological polar surface area (TPSA) is 58.6 Å². The summed E-state index contributed by atoms with van der Waals surface area (Å²) in [6.45, 7) is 5.81. The zero-order valence-electron chi connectivity index (χ0n) is 9.58. The Morgan fingerprint density at radius 2 is 2.33 bits per heavy atom. The molecule has 4 nitrogen and oxygen atoms in total. The summed E-state index contributed by atoms with van der Waals surface area (Å²) in [5.41, 5.74) is 0.0212. The predicted octanol–water partition coefficient (Wildman–Crippen LogP) is 1.40. The molecule has 0 bridgehead atoms. The van der Waals surface area contributed by atoms with Crippen LogP contribution in [0.5, 0.6) is 0 Å². The average molecular weight is 215 g/mol. The van der Waals surface area contributed by atoms with Crippen molar-refractivity contribution in [3.63, 3.8) is 0 Å². The smallest absolute Gasteiger partial charge is 0.303 e. The van der Waals surface area contributed by atoms with Crippen LogP contribution in [0, 0.1) is 0 Å². The van der Waals surface area contributed by atoms with E-state index >= 15 is 0 Å². The molecule has 1 unspecified atom stereocenters. The summed E-state index contributed by atoms with van der Waals surface area (Å²) in [5.74, 6) is -0.727. The second kappa shape index (κ2) is 5.47. The zero-order valence-corrected chi connectivity index (χ0v) is 9.58. The molecule has 0 spiro atoms. The third-order valence-electron chi connectivity index (χ3n) is 2.67. The van der Waals surface area contributed by atoms with Crippen molar-refractivity contribution in [2.75, 3.05) is 13.1 Å². The summed E-state index contributed by atoms with van der Waals surface area (Å²) in [7, 11) is 0. The van der Waals surface area contributed by atoms with Crippen molar-refractivity contribution in [1.29, 1.82) is 0 Å². The summed E-state index contributed by atoms with van der Waals surface area (Å²) in [4.78, 5) is 10.3. The molecule has 88 valence electrons. The van der Waals surface area contributed by atoms with Crippen molar-refractivity contribution in [2.45, 2.75) is 51.2 Å². The molecule has 1 aliphatic rings. The second-order valence-corrected chi connectivity index (χ2v) is 4.74. The highest BCUT2D eigenvalue weighted by Crippen LogP contribution is 2.28. The van der Waals surface area contributed by atoms with Gasteiger partial charge in [0.15, 0.2) is 0 Å². The molecule has 0 aromatic carbocycles. The minimum absolute atomic E-state index is 0.0212. The van der Waals surface area contributed by atoms with E-state index in [1.54, 1.807) is 0 Å². The van der Waals surface area contributed by atoms with Gasteiger partial charge in [-0.2, -0.15) is 0 Å². The van der Waals surface area contributed by atoms with Gasteiger partial charge in [0.05, 0.1) is 11.7 Å². The minimum Gasteiger partial charge on any atom is -0.481 e. The van der Waals surface area contributed by atoms with Gasteiger partial charge >= 0.3 is 5.97 Å². The molecule has 0 aromatic rings. The molecular formula is C11H21NO3. The van der Waals surface area contributed by atoms with Gasteiger partial charge in [0.2, 0.25) is 0 Å². The number of rotatable bonds is 6. The first kappa shape index (κ1) is 12.5. The third kappa shape index (κ3) is 5.14. The van der Waals surface area contributed by atoms with Gasteiger partial charge in [-0.3, -0.25) is 4.79 Å². The molecule has 2 N–H and O–H groups in total. The molecule has 1 aliphatic heterocycles. The standard InChI is InChI=1S/C11H21NO3/c1-11(2)6-5-9(15-11)8-12-7-3-4-10(13)14/h9,12H,3-8H2,1-2H3,(H,13,14). The van der Waals surface area contributed by atoms with E-state index in [2.05, 4.69) is 19.2 Å². The van der Waals surface area contributed by atoms with Gasteiger partial charge in [0.25, 0.3) is 0 Å². The summed E-state index contributed by atoms with van der Waals surface area (Å²) < 4.78 is 5.80. The summed E-state index contributed by atoms with van der Waals surface area (Å²) in [5, 5.41) is 11.7. The Bertz CT molecular complexity index is 216. The molecular weight excluding hydrogens is 194 g/mol. The molecule has 0 aliphatic carbocycles. The zero-order chi connectivity index (χ0) is 11.3. The van der Waals surface area contributed by atoms with Crippen LogP contribution in [-0.4, -0.2) is 35.9 Å². The van der Waals surface area contributed by atoms with E-state index in [1.807, 2.05) is 0 Å². The molecule has 1 rings (SSSR count). The molecule has 1 saturated heterocycles. The number of ether oxygens (including phenoxy) is 1. The Labute approximate surface area is 91.0 Å². The maximum Gasteiger partial charge on any atom is 0.303 e. The van der Waals surface area contributed by atoms with Crippen LogP contribution < -0.4 is 5.32 Å². The number of nitrogens with one attached hydrogen (secondary N) is 1. The first-order valence-corrected chi connectivity index (χ1v) is 5.60. The van der Waals surface area contributed by atoms with Crippen LogP contribution >= 0.6 is 0 Å². The highest BCUT2D eigenvalue weighted by atomic mass is 16.5. The number of carboxylic acid groups (broad SMARTS) is 1. The van der Waals surface area contributed by atoms with Crippen LogP contribution in [-0.2, 0) is 9.53 Å². The first-order chi connectivity index (χ1) is 6.99. The van der Waals surface area contributed by atoms with Crippen molar-refractivity contribution in [3.05, 3.63) is 0 Å². The molecule has 1 atom stereocenters. The largest absolute Gasteiger partial charge is 0.481 e. The SMILES string of the molecule is CC1(C)CCC(CNCCCC(=O)O)O1. The molecule has 1 fully saturated rings. The van der Waals surface area contributed by atoms with E-state index in [9.17, 15) is 4.79 Å². The lowest BCUT2D eigenvalue weighted by Gasteiger charge is -2.19. The van der Waals surface area contributed by atoms with Gasteiger partial charge in [0.1, 0.15) is 0 Å². The quantitative estimate of drug-likeness (QED) is 0.657. The van der Waals surface area contributed by atoms with Gasteiger partial charge in [-0.25, -0.2) is 0 Å². The minimum atomic E-state index is -0.727. The Balaban J connectivity index is 1.99. The van der Waals surface area contributed by atoms with Crippen LogP contribution in [0.3, 0.4) is 0 Å². The monoisotopic (exact) mass is 215 g/mol. The fourth-order valence-corrected chi connectivity index (χ4v) is 1.85. The predicted molar refractivity (Wildman–Crippen MR) is 57.9 cm³/mol. The van der Waals surface area contributed by atoms with Crippen molar-refractivity contribution < 1.29 is 14.6 Å². The number of carbonyl (C=O) groups is 1. The molecule has 1 heterocycles. The van der Waals surface area contributed by atoms with E-state index < -0.39 is 5.97 Å². The summed E-state index contributed by atoms with van der Waals surface area (Å²) >= 11 is 0. The highest BCUT2D eigenvalue weighted by molar-refractivity contribution is 5.66. The summed E-state index contributed by atoms with van der Waals surface area (Å²) in [6, 6.07) is 0. The van der Waals surface area contributed by atoms with E-state index in [0.717, 1.165) is 25.9 Å². The van der Waals surface area contributed by atoms with Crippen LogP contribution in [0.25, 0.3) is 0 Å². The van der Waals surface area contributed by atoms with Crippen LogP contribution in [0.4, 0.5) is 0 Å². The summed E-state index contributed by atoms with van der Waals surface area (Å²) in [6.07, 6.45) is 3.42.